The largest absolute Gasteiger partial charge is 0.206 e. The molecule has 3 rings (SSSR count). The third-order valence-corrected chi connectivity index (χ3v) is 4.83. The molecule has 0 aromatic heterocycles. The molecule has 3 aromatic rings. The summed E-state index contributed by atoms with van der Waals surface area (Å²) >= 11 is 0.826. The van der Waals surface area contributed by atoms with Gasteiger partial charge in [-0.1, -0.05) is 41.4 Å². The predicted octanol–water partition coefficient (Wildman–Crippen LogP) is 5.82. The highest BCUT2D eigenvalue weighted by molar-refractivity contribution is 8.03. The van der Waals surface area contributed by atoms with Crippen molar-refractivity contribution in [2.45, 2.75) is 18.7 Å². The van der Waals surface area contributed by atoms with Gasteiger partial charge >= 0.3 is 0 Å². The van der Waals surface area contributed by atoms with Gasteiger partial charge in [-0.25, -0.2) is 4.39 Å². The van der Waals surface area contributed by atoms with Gasteiger partial charge in [-0.15, -0.1) is 0 Å². The number of hydrogen-bond acceptors (Lipinski definition) is 2. The normalized spacial score (nSPS) is 9.50. The van der Waals surface area contributed by atoms with Crippen LogP contribution >= 0.6 is 11.8 Å². The SMILES string of the molecule is Cc1ccc(C#Cc2ccc(C#Cc3cc(C)c(SC#N)c(F)c3)cc2)cc1. The molecule has 0 saturated carbocycles. The number of hydrogen-bond donors (Lipinski definition) is 0. The lowest BCUT2D eigenvalue weighted by molar-refractivity contribution is 0.599. The maximum atomic E-state index is 14.1. The minimum atomic E-state index is -0.419. The van der Waals surface area contributed by atoms with Crippen LogP contribution in [0.2, 0.25) is 0 Å². The number of halogens is 1. The Hall–Kier alpha value is -3.45. The summed E-state index contributed by atoms with van der Waals surface area (Å²) in [5.74, 6) is 11.9. The fraction of sp³-hybridized carbons (Fsp3) is 0.0800. The van der Waals surface area contributed by atoms with Crippen molar-refractivity contribution in [2.24, 2.45) is 0 Å². The zero-order valence-electron chi connectivity index (χ0n) is 15.5. The van der Waals surface area contributed by atoms with E-state index in [1.165, 1.54) is 11.6 Å². The fourth-order valence-corrected chi connectivity index (χ4v) is 3.01. The van der Waals surface area contributed by atoms with Crippen LogP contribution in [0.5, 0.6) is 0 Å². The molecule has 28 heavy (non-hydrogen) atoms. The Morgan fingerprint density at radius 2 is 1.18 bits per heavy atom. The van der Waals surface area contributed by atoms with Crippen molar-refractivity contribution in [3.05, 3.63) is 99.9 Å². The van der Waals surface area contributed by atoms with Crippen LogP contribution < -0.4 is 0 Å². The number of thioether (sulfide) groups is 1. The summed E-state index contributed by atoms with van der Waals surface area (Å²) in [6.45, 7) is 3.82. The van der Waals surface area contributed by atoms with Crippen molar-refractivity contribution in [1.82, 2.24) is 0 Å². The lowest BCUT2D eigenvalue weighted by Gasteiger charge is -2.03. The summed E-state index contributed by atoms with van der Waals surface area (Å²) in [5.41, 5.74) is 5.21. The highest BCUT2D eigenvalue weighted by Crippen LogP contribution is 2.25. The van der Waals surface area contributed by atoms with Crippen molar-refractivity contribution >= 4 is 11.8 Å². The van der Waals surface area contributed by atoms with E-state index in [0.29, 0.717) is 16.0 Å². The first kappa shape index (κ1) is 19.3. The van der Waals surface area contributed by atoms with E-state index in [4.69, 9.17) is 5.26 Å². The van der Waals surface area contributed by atoms with E-state index in [9.17, 15) is 4.39 Å². The molecule has 0 unspecified atom stereocenters. The van der Waals surface area contributed by atoms with Crippen molar-refractivity contribution < 1.29 is 4.39 Å². The third kappa shape index (κ3) is 5.05. The Balaban J connectivity index is 1.76. The standard InChI is InChI=1S/C25H16FNS/c1-18-3-5-20(6-4-18)7-8-21-9-11-22(12-10-21)13-14-23-15-19(2)25(28-17-27)24(26)16-23/h3-6,9-12,15-16H,1-2H3. The maximum Gasteiger partial charge on any atom is 0.139 e. The highest BCUT2D eigenvalue weighted by atomic mass is 32.2. The number of nitrogens with zero attached hydrogens (tertiary/aromatic N) is 1. The average molecular weight is 381 g/mol. The molecule has 134 valence electrons. The van der Waals surface area contributed by atoms with Gasteiger partial charge in [-0.05, 0) is 79.7 Å². The quantitative estimate of drug-likeness (QED) is 0.301. The summed E-state index contributed by atoms with van der Waals surface area (Å²) < 4.78 is 14.1. The summed E-state index contributed by atoms with van der Waals surface area (Å²) in [4.78, 5) is 0.351. The van der Waals surface area contributed by atoms with Crippen LogP contribution in [0.4, 0.5) is 4.39 Å². The van der Waals surface area contributed by atoms with Crippen LogP contribution in [0.3, 0.4) is 0 Å². The second kappa shape index (κ2) is 8.96. The van der Waals surface area contributed by atoms with Gasteiger partial charge in [-0.3, -0.25) is 0 Å². The summed E-state index contributed by atoms with van der Waals surface area (Å²) in [6.07, 6.45) is 0. The lowest BCUT2D eigenvalue weighted by atomic mass is 10.1. The zero-order valence-corrected chi connectivity index (χ0v) is 16.3. The molecule has 0 N–H and O–H groups in total. The smallest absolute Gasteiger partial charge is 0.139 e. The van der Waals surface area contributed by atoms with E-state index in [-0.39, 0.29) is 0 Å². The van der Waals surface area contributed by atoms with Gasteiger partial charge in [0.2, 0.25) is 0 Å². The number of nitriles is 1. The molecule has 0 atom stereocenters. The average Bonchev–Trinajstić information content (AvgIpc) is 2.69. The Bertz CT molecular complexity index is 1140. The Morgan fingerprint density at radius 1 is 0.714 bits per heavy atom. The van der Waals surface area contributed by atoms with Gasteiger partial charge in [0.1, 0.15) is 11.2 Å². The molecule has 0 fully saturated rings. The number of thiocyanates is 1. The van der Waals surface area contributed by atoms with Crippen LogP contribution in [0, 0.1) is 54.0 Å². The molecule has 1 nitrogen and oxygen atoms in total. The van der Waals surface area contributed by atoms with Gasteiger partial charge in [0.15, 0.2) is 0 Å². The Morgan fingerprint density at radius 3 is 1.64 bits per heavy atom. The van der Waals surface area contributed by atoms with E-state index < -0.39 is 5.82 Å². The molecule has 0 aliphatic carbocycles. The van der Waals surface area contributed by atoms with E-state index >= 15 is 0 Å². The molecular formula is C25H16FNS. The highest BCUT2D eigenvalue weighted by Gasteiger charge is 2.07. The molecule has 0 aliphatic heterocycles. The Labute approximate surface area is 169 Å². The molecule has 0 heterocycles. The second-order valence-electron chi connectivity index (χ2n) is 6.24. The fourth-order valence-electron chi connectivity index (χ4n) is 2.54. The summed E-state index contributed by atoms with van der Waals surface area (Å²) in [5, 5.41) is 10.6. The first-order chi connectivity index (χ1) is 13.5. The lowest BCUT2D eigenvalue weighted by Crippen LogP contribution is -1.88. The Kier molecular flexibility index (Phi) is 6.18. The second-order valence-corrected chi connectivity index (χ2v) is 7.04. The van der Waals surface area contributed by atoms with E-state index in [1.54, 1.807) is 13.0 Å². The van der Waals surface area contributed by atoms with Gasteiger partial charge in [0.25, 0.3) is 0 Å². The third-order valence-electron chi connectivity index (χ3n) is 4.02. The topological polar surface area (TPSA) is 23.8 Å². The minimum Gasteiger partial charge on any atom is -0.206 e. The molecule has 3 aromatic carbocycles. The van der Waals surface area contributed by atoms with Crippen LogP contribution in [-0.4, -0.2) is 0 Å². The molecule has 0 spiro atoms. The number of rotatable bonds is 1. The molecule has 0 radical (unpaired) electrons. The van der Waals surface area contributed by atoms with Crippen molar-refractivity contribution in [3.8, 4) is 29.1 Å². The first-order valence-corrected chi connectivity index (χ1v) is 9.43. The van der Waals surface area contributed by atoms with Crippen LogP contribution in [0.1, 0.15) is 33.4 Å². The molecule has 0 aliphatic rings. The summed E-state index contributed by atoms with van der Waals surface area (Å²) in [7, 11) is 0. The summed E-state index contributed by atoms with van der Waals surface area (Å²) in [6, 6.07) is 18.9. The minimum absolute atomic E-state index is 0.351. The van der Waals surface area contributed by atoms with Gasteiger partial charge in [0, 0.05) is 22.3 Å². The molecule has 0 saturated heterocycles. The van der Waals surface area contributed by atoms with Gasteiger partial charge in [0.05, 0.1) is 4.90 Å². The number of benzene rings is 3. The zero-order chi connectivity index (χ0) is 19.9. The van der Waals surface area contributed by atoms with Crippen molar-refractivity contribution in [2.75, 3.05) is 0 Å². The van der Waals surface area contributed by atoms with Crippen molar-refractivity contribution in [1.29, 1.82) is 5.26 Å². The molecule has 3 heteroatoms. The maximum absolute atomic E-state index is 14.1. The van der Waals surface area contributed by atoms with Crippen LogP contribution in [0.25, 0.3) is 0 Å². The first-order valence-electron chi connectivity index (χ1n) is 8.62. The van der Waals surface area contributed by atoms with E-state index in [0.717, 1.165) is 28.5 Å². The van der Waals surface area contributed by atoms with Crippen molar-refractivity contribution in [3.63, 3.8) is 0 Å². The molecular weight excluding hydrogens is 365 g/mol. The molecule has 0 bridgehead atoms. The monoisotopic (exact) mass is 381 g/mol. The van der Waals surface area contributed by atoms with Crippen LogP contribution in [-0.2, 0) is 0 Å². The number of aryl methyl sites for hydroxylation is 2. The van der Waals surface area contributed by atoms with E-state index in [2.05, 4.69) is 23.7 Å². The molecule has 0 amide bonds. The predicted molar refractivity (Wildman–Crippen MR) is 112 cm³/mol. The van der Waals surface area contributed by atoms with E-state index in [1.807, 2.05) is 60.9 Å². The van der Waals surface area contributed by atoms with Crippen LogP contribution in [0.15, 0.2) is 65.6 Å². The van der Waals surface area contributed by atoms with Gasteiger partial charge < -0.3 is 0 Å². The van der Waals surface area contributed by atoms with Gasteiger partial charge in [-0.2, -0.15) is 5.26 Å².